The minimum Gasteiger partial charge on any atom is -0.493 e. The van der Waals surface area contributed by atoms with Crippen LogP contribution in [0.4, 0.5) is 5.69 Å². The van der Waals surface area contributed by atoms with E-state index in [-0.39, 0.29) is 0 Å². The number of aryl methyl sites for hydroxylation is 2. The summed E-state index contributed by atoms with van der Waals surface area (Å²) < 4.78 is 16.3. The molecule has 0 bridgehead atoms. The summed E-state index contributed by atoms with van der Waals surface area (Å²) in [5, 5.41) is 0. The largest absolute Gasteiger partial charge is 0.493 e. The fraction of sp³-hybridized carbons (Fsp3) is 0.278. The molecule has 0 unspecified atom stereocenters. The van der Waals surface area contributed by atoms with Crippen LogP contribution in [0.1, 0.15) is 16.7 Å². The van der Waals surface area contributed by atoms with E-state index < -0.39 is 0 Å². The highest BCUT2D eigenvalue weighted by Crippen LogP contribution is 2.41. The Hall–Kier alpha value is -2.49. The Balaban J connectivity index is 2.47. The van der Waals surface area contributed by atoms with E-state index in [2.05, 4.69) is 11.9 Å². The molecule has 0 aromatic heterocycles. The van der Waals surface area contributed by atoms with Crippen LogP contribution in [0.25, 0.3) is 0 Å². The van der Waals surface area contributed by atoms with Crippen molar-refractivity contribution < 1.29 is 14.2 Å². The second kappa shape index (κ2) is 6.98. The van der Waals surface area contributed by atoms with E-state index in [4.69, 9.17) is 14.2 Å². The summed E-state index contributed by atoms with van der Waals surface area (Å²) in [5.74, 6) is 1.83. The van der Waals surface area contributed by atoms with Gasteiger partial charge in [-0.2, -0.15) is 0 Å². The summed E-state index contributed by atoms with van der Waals surface area (Å²) in [6.45, 7) is 4.04. The molecule has 2 aromatic rings. The van der Waals surface area contributed by atoms with Crippen LogP contribution in [-0.2, 0) is 0 Å². The van der Waals surface area contributed by atoms with Gasteiger partial charge >= 0.3 is 0 Å². The third-order valence-corrected chi connectivity index (χ3v) is 3.45. The van der Waals surface area contributed by atoms with E-state index >= 15 is 0 Å². The van der Waals surface area contributed by atoms with Gasteiger partial charge in [-0.3, -0.25) is 4.99 Å². The van der Waals surface area contributed by atoms with Crippen molar-refractivity contribution in [2.24, 2.45) is 4.99 Å². The Morgan fingerprint density at radius 3 is 2.05 bits per heavy atom. The van der Waals surface area contributed by atoms with Crippen LogP contribution in [0.2, 0.25) is 0 Å². The molecule has 2 aromatic carbocycles. The van der Waals surface area contributed by atoms with Crippen LogP contribution in [0.3, 0.4) is 0 Å². The van der Waals surface area contributed by atoms with Gasteiger partial charge in [-0.25, -0.2) is 0 Å². The highest BCUT2D eigenvalue weighted by molar-refractivity contribution is 5.89. The van der Waals surface area contributed by atoms with Gasteiger partial charge in [-0.1, -0.05) is 17.7 Å². The van der Waals surface area contributed by atoms with Gasteiger partial charge in [0.15, 0.2) is 11.5 Å². The van der Waals surface area contributed by atoms with Crippen molar-refractivity contribution in [1.82, 2.24) is 0 Å². The molecule has 0 atom stereocenters. The number of benzene rings is 2. The molecule has 0 amide bonds. The van der Waals surface area contributed by atoms with Crippen molar-refractivity contribution >= 4 is 11.9 Å². The molecule has 4 heteroatoms. The summed E-state index contributed by atoms with van der Waals surface area (Å²) in [6, 6.07) is 9.94. The monoisotopic (exact) mass is 299 g/mol. The van der Waals surface area contributed by atoms with Crippen molar-refractivity contribution in [3.63, 3.8) is 0 Å². The van der Waals surface area contributed by atoms with Crippen molar-refractivity contribution in [3.05, 3.63) is 47.0 Å². The zero-order valence-corrected chi connectivity index (χ0v) is 13.6. The van der Waals surface area contributed by atoms with Crippen LogP contribution < -0.4 is 14.2 Å². The maximum absolute atomic E-state index is 5.50. The van der Waals surface area contributed by atoms with Gasteiger partial charge in [0.2, 0.25) is 5.75 Å². The highest BCUT2D eigenvalue weighted by Gasteiger charge is 2.17. The molecule has 0 heterocycles. The summed E-state index contributed by atoms with van der Waals surface area (Å²) in [4.78, 5) is 4.52. The number of aliphatic imine (C=N–C) groups is 1. The second-order valence-corrected chi connectivity index (χ2v) is 4.97. The van der Waals surface area contributed by atoms with Crippen molar-refractivity contribution in [2.75, 3.05) is 21.3 Å². The molecule has 2 rings (SSSR count). The van der Waals surface area contributed by atoms with Gasteiger partial charge in [0.25, 0.3) is 0 Å². The van der Waals surface area contributed by atoms with Crippen molar-refractivity contribution in [3.8, 4) is 17.2 Å². The highest BCUT2D eigenvalue weighted by atomic mass is 16.5. The van der Waals surface area contributed by atoms with Gasteiger partial charge < -0.3 is 14.2 Å². The van der Waals surface area contributed by atoms with Crippen LogP contribution in [0.15, 0.2) is 35.3 Å². The molecule has 4 nitrogen and oxygen atoms in total. The molecule has 116 valence electrons. The number of nitrogens with zero attached hydrogens (tertiary/aromatic N) is 1. The fourth-order valence-corrected chi connectivity index (χ4v) is 2.23. The maximum Gasteiger partial charge on any atom is 0.203 e. The zero-order valence-electron chi connectivity index (χ0n) is 13.6. The molecular weight excluding hydrogens is 278 g/mol. The van der Waals surface area contributed by atoms with Gasteiger partial charge in [-0.15, -0.1) is 0 Å². The topological polar surface area (TPSA) is 40.0 Å². The predicted octanol–water partition coefficient (Wildman–Crippen LogP) is 4.08. The lowest BCUT2D eigenvalue weighted by atomic mass is 10.1. The molecule has 0 aliphatic carbocycles. The summed E-state index contributed by atoms with van der Waals surface area (Å²) in [5.41, 5.74) is 3.98. The van der Waals surface area contributed by atoms with E-state index in [1.54, 1.807) is 27.5 Å². The molecule has 0 saturated heterocycles. The predicted molar refractivity (Wildman–Crippen MR) is 89.3 cm³/mol. The third-order valence-electron chi connectivity index (χ3n) is 3.45. The lowest BCUT2D eigenvalue weighted by molar-refractivity contribution is 0.323. The van der Waals surface area contributed by atoms with Crippen LogP contribution in [0.5, 0.6) is 17.2 Å². The molecular formula is C18H21NO3. The number of ether oxygens (including phenoxy) is 3. The number of hydrogen-bond donors (Lipinski definition) is 0. The fourth-order valence-electron chi connectivity index (χ4n) is 2.23. The first-order chi connectivity index (χ1) is 10.6. The number of methoxy groups -OCH3 is 3. The van der Waals surface area contributed by atoms with Crippen LogP contribution in [-0.4, -0.2) is 27.5 Å². The van der Waals surface area contributed by atoms with Gasteiger partial charge in [0, 0.05) is 11.8 Å². The smallest absolute Gasteiger partial charge is 0.203 e. The lowest BCUT2D eigenvalue weighted by Gasteiger charge is -2.16. The average molecular weight is 299 g/mol. The Kier molecular flexibility index (Phi) is 5.04. The second-order valence-electron chi connectivity index (χ2n) is 4.97. The first kappa shape index (κ1) is 15.9. The third kappa shape index (κ3) is 3.22. The quantitative estimate of drug-likeness (QED) is 0.781. The Morgan fingerprint density at radius 2 is 1.50 bits per heavy atom. The minimum atomic E-state index is 0.570. The first-order valence-corrected chi connectivity index (χ1v) is 7.01. The zero-order chi connectivity index (χ0) is 16.1. The van der Waals surface area contributed by atoms with Gasteiger partial charge in [-0.05, 0) is 37.6 Å². The lowest BCUT2D eigenvalue weighted by Crippen LogP contribution is -2.01. The molecule has 0 fully saturated rings. The summed E-state index contributed by atoms with van der Waals surface area (Å²) in [7, 11) is 4.81. The SMILES string of the molecule is COc1cc(C)c(C=Nc2ccc(C)cc2)c(OC)c1OC. The Morgan fingerprint density at radius 1 is 0.864 bits per heavy atom. The van der Waals surface area contributed by atoms with Crippen LogP contribution >= 0.6 is 0 Å². The van der Waals surface area contributed by atoms with E-state index in [0.717, 1.165) is 16.8 Å². The average Bonchev–Trinajstić information content (AvgIpc) is 2.54. The van der Waals surface area contributed by atoms with E-state index in [1.165, 1.54) is 5.56 Å². The maximum atomic E-state index is 5.50. The molecule has 0 aliphatic heterocycles. The summed E-state index contributed by atoms with van der Waals surface area (Å²) in [6.07, 6.45) is 1.79. The van der Waals surface area contributed by atoms with Crippen LogP contribution in [0, 0.1) is 13.8 Å². The normalized spacial score (nSPS) is 10.8. The van der Waals surface area contributed by atoms with E-state index in [1.807, 2.05) is 37.3 Å². The molecule has 0 aliphatic rings. The Bertz CT molecular complexity index is 676. The molecule has 0 spiro atoms. The number of rotatable bonds is 5. The van der Waals surface area contributed by atoms with E-state index in [9.17, 15) is 0 Å². The standard InChI is InChI=1S/C18H21NO3/c1-12-6-8-14(9-7-12)19-11-15-13(2)10-16(20-3)18(22-5)17(15)21-4/h6-11H,1-5H3. The van der Waals surface area contributed by atoms with E-state index in [0.29, 0.717) is 17.2 Å². The molecule has 22 heavy (non-hydrogen) atoms. The van der Waals surface area contributed by atoms with Crippen molar-refractivity contribution in [1.29, 1.82) is 0 Å². The number of hydrogen-bond acceptors (Lipinski definition) is 4. The van der Waals surface area contributed by atoms with Gasteiger partial charge in [0.1, 0.15) is 0 Å². The first-order valence-electron chi connectivity index (χ1n) is 7.01. The van der Waals surface area contributed by atoms with Crippen molar-refractivity contribution in [2.45, 2.75) is 13.8 Å². The van der Waals surface area contributed by atoms with Gasteiger partial charge in [0.05, 0.1) is 27.0 Å². The summed E-state index contributed by atoms with van der Waals surface area (Å²) >= 11 is 0. The minimum absolute atomic E-state index is 0.570. The Labute approximate surface area is 131 Å². The molecule has 0 radical (unpaired) electrons. The molecule has 0 saturated carbocycles. The molecule has 0 N–H and O–H groups in total.